The predicted octanol–water partition coefficient (Wildman–Crippen LogP) is 3.94. The average molecular weight is 307 g/mol. The van der Waals surface area contributed by atoms with E-state index in [0.29, 0.717) is 6.04 Å². The fourth-order valence-corrected chi connectivity index (χ4v) is 4.36. The normalized spacial score (nSPS) is 25.8. The van der Waals surface area contributed by atoms with E-state index in [2.05, 4.69) is 86.9 Å². The van der Waals surface area contributed by atoms with Gasteiger partial charge < -0.3 is 5.32 Å². The van der Waals surface area contributed by atoms with Crippen molar-refractivity contribution in [3.05, 3.63) is 35.9 Å². The molecule has 1 aliphatic heterocycles. The minimum Gasteiger partial charge on any atom is -0.310 e. The molecule has 0 aliphatic carbocycles. The highest BCUT2D eigenvalue weighted by Crippen LogP contribution is 2.31. The number of hydrogen-bond donors (Lipinski definition) is 1. The molecular weight excluding hydrogens is 276 g/mol. The smallest absolute Gasteiger partial charge is 0.0473 e. The van der Waals surface area contributed by atoms with E-state index in [-0.39, 0.29) is 5.54 Å². The monoisotopic (exact) mass is 306 g/mol. The summed E-state index contributed by atoms with van der Waals surface area (Å²) >= 11 is 2.12. The molecule has 2 rings (SSSR count). The van der Waals surface area contributed by atoms with Gasteiger partial charge in [-0.3, -0.25) is 4.90 Å². The Morgan fingerprint density at radius 1 is 1.14 bits per heavy atom. The number of nitrogens with one attached hydrogen (secondary N) is 1. The van der Waals surface area contributed by atoms with Crippen LogP contribution in [0, 0.1) is 0 Å². The molecule has 2 nitrogen and oxygen atoms in total. The van der Waals surface area contributed by atoms with Gasteiger partial charge >= 0.3 is 0 Å². The molecule has 1 heterocycles. The highest BCUT2D eigenvalue weighted by molar-refractivity contribution is 8.00. The summed E-state index contributed by atoms with van der Waals surface area (Å²) in [6, 6.07) is 11.4. The molecule has 3 atom stereocenters. The van der Waals surface area contributed by atoms with Crippen LogP contribution >= 0.6 is 11.8 Å². The van der Waals surface area contributed by atoms with Crippen LogP contribution in [0.4, 0.5) is 0 Å². The Labute approximate surface area is 134 Å². The molecule has 3 unspecified atom stereocenters. The molecule has 1 N–H and O–H groups in total. The van der Waals surface area contributed by atoms with Crippen molar-refractivity contribution in [2.75, 3.05) is 19.6 Å². The third-order valence-corrected chi connectivity index (χ3v) is 5.13. The maximum atomic E-state index is 3.70. The van der Waals surface area contributed by atoms with E-state index in [0.717, 1.165) is 17.0 Å². The molecule has 1 aromatic carbocycles. The lowest BCUT2D eigenvalue weighted by molar-refractivity contribution is 0.181. The van der Waals surface area contributed by atoms with Gasteiger partial charge in [0.2, 0.25) is 0 Å². The molecule has 1 saturated heterocycles. The summed E-state index contributed by atoms with van der Waals surface area (Å²) in [6.45, 7) is 14.8. The van der Waals surface area contributed by atoms with Gasteiger partial charge in [-0.15, -0.1) is 0 Å². The summed E-state index contributed by atoms with van der Waals surface area (Å²) in [6.07, 6.45) is 0. The molecule has 21 heavy (non-hydrogen) atoms. The molecule has 118 valence electrons. The van der Waals surface area contributed by atoms with Gasteiger partial charge in [0.25, 0.3) is 0 Å². The standard InChI is InChI=1S/C18H30N2S/c1-14-12-20(13-15(2)21-14)17(11-19-18(3,4)5)16-9-7-6-8-10-16/h6-10,14-15,17,19H,11-13H2,1-5H3. The van der Waals surface area contributed by atoms with Crippen molar-refractivity contribution < 1.29 is 0 Å². The molecule has 1 fully saturated rings. The van der Waals surface area contributed by atoms with Crippen molar-refractivity contribution in [1.82, 2.24) is 10.2 Å². The van der Waals surface area contributed by atoms with Crippen LogP contribution in [0.15, 0.2) is 30.3 Å². The van der Waals surface area contributed by atoms with E-state index in [1.54, 1.807) is 0 Å². The number of nitrogens with zero attached hydrogens (tertiary/aromatic N) is 1. The Morgan fingerprint density at radius 3 is 2.24 bits per heavy atom. The molecular formula is C18H30N2S. The molecule has 0 amide bonds. The molecule has 0 spiro atoms. The quantitative estimate of drug-likeness (QED) is 0.907. The Morgan fingerprint density at radius 2 is 1.71 bits per heavy atom. The van der Waals surface area contributed by atoms with Gasteiger partial charge in [0, 0.05) is 41.7 Å². The first-order chi connectivity index (χ1) is 9.85. The topological polar surface area (TPSA) is 15.3 Å². The van der Waals surface area contributed by atoms with Crippen LogP contribution < -0.4 is 5.32 Å². The number of thioether (sulfide) groups is 1. The van der Waals surface area contributed by atoms with Gasteiger partial charge in [-0.25, -0.2) is 0 Å². The summed E-state index contributed by atoms with van der Waals surface area (Å²) in [7, 11) is 0. The summed E-state index contributed by atoms with van der Waals surface area (Å²) in [5, 5.41) is 5.13. The zero-order valence-corrected chi connectivity index (χ0v) is 14.9. The summed E-state index contributed by atoms with van der Waals surface area (Å²) in [4.78, 5) is 2.67. The van der Waals surface area contributed by atoms with Crippen LogP contribution in [0.1, 0.15) is 46.2 Å². The average Bonchev–Trinajstić information content (AvgIpc) is 2.37. The van der Waals surface area contributed by atoms with Crippen LogP contribution in [0.3, 0.4) is 0 Å². The molecule has 0 saturated carbocycles. The second-order valence-corrected chi connectivity index (χ2v) is 9.15. The van der Waals surface area contributed by atoms with E-state index in [9.17, 15) is 0 Å². The molecule has 0 bridgehead atoms. The van der Waals surface area contributed by atoms with Crippen LogP contribution in [-0.2, 0) is 0 Å². The predicted molar refractivity (Wildman–Crippen MR) is 95.0 cm³/mol. The Bertz CT molecular complexity index is 417. The lowest BCUT2D eigenvalue weighted by Crippen LogP contribution is -2.48. The van der Waals surface area contributed by atoms with Crippen LogP contribution in [0.5, 0.6) is 0 Å². The largest absolute Gasteiger partial charge is 0.310 e. The second-order valence-electron chi connectivity index (χ2n) is 7.27. The lowest BCUT2D eigenvalue weighted by atomic mass is 10.0. The summed E-state index contributed by atoms with van der Waals surface area (Å²) in [5.74, 6) is 0. The highest BCUT2D eigenvalue weighted by Gasteiger charge is 2.29. The third kappa shape index (κ3) is 5.32. The fraction of sp³-hybridized carbons (Fsp3) is 0.667. The Kier molecular flexibility index (Phi) is 5.75. The van der Waals surface area contributed by atoms with Gasteiger partial charge in [0.05, 0.1) is 0 Å². The zero-order chi connectivity index (χ0) is 15.5. The van der Waals surface area contributed by atoms with Crippen molar-refractivity contribution >= 4 is 11.8 Å². The van der Waals surface area contributed by atoms with Crippen LogP contribution in [0.25, 0.3) is 0 Å². The van der Waals surface area contributed by atoms with Crippen molar-refractivity contribution in [1.29, 1.82) is 0 Å². The molecule has 3 heteroatoms. The SMILES string of the molecule is CC1CN(C(CNC(C)(C)C)c2ccccc2)CC(C)S1. The first-order valence-corrected chi connectivity index (χ1v) is 8.99. The highest BCUT2D eigenvalue weighted by atomic mass is 32.2. The van der Waals surface area contributed by atoms with E-state index < -0.39 is 0 Å². The van der Waals surface area contributed by atoms with Gasteiger partial charge in [-0.05, 0) is 26.3 Å². The minimum absolute atomic E-state index is 0.162. The van der Waals surface area contributed by atoms with Gasteiger partial charge in [0.1, 0.15) is 0 Å². The van der Waals surface area contributed by atoms with Crippen molar-refractivity contribution in [2.24, 2.45) is 0 Å². The fourth-order valence-electron chi connectivity index (χ4n) is 3.01. The first-order valence-electron chi connectivity index (χ1n) is 8.04. The van der Waals surface area contributed by atoms with Crippen molar-refractivity contribution in [3.8, 4) is 0 Å². The van der Waals surface area contributed by atoms with Gasteiger partial charge in [-0.1, -0.05) is 44.2 Å². The second kappa shape index (κ2) is 7.17. The number of benzene rings is 1. The van der Waals surface area contributed by atoms with E-state index in [4.69, 9.17) is 0 Å². The van der Waals surface area contributed by atoms with Gasteiger partial charge in [0.15, 0.2) is 0 Å². The van der Waals surface area contributed by atoms with Gasteiger partial charge in [-0.2, -0.15) is 11.8 Å². The summed E-state index contributed by atoms with van der Waals surface area (Å²) < 4.78 is 0. The van der Waals surface area contributed by atoms with Crippen molar-refractivity contribution in [3.63, 3.8) is 0 Å². The first kappa shape index (κ1) is 16.9. The minimum atomic E-state index is 0.162. The maximum Gasteiger partial charge on any atom is 0.0473 e. The van der Waals surface area contributed by atoms with E-state index in [1.165, 1.54) is 18.7 Å². The maximum absolute atomic E-state index is 3.70. The Hall–Kier alpha value is -0.510. The number of hydrogen-bond acceptors (Lipinski definition) is 3. The molecule has 0 aromatic heterocycles. The van der Waals surface area contributed by atoms with Crippen LogP contribution in [0.2, 0.25) is 0 Å². The molecule has 1 aliphatic rings. The number of rotatable bonds is 4. The van der Waals surface area contributed by atoms with E-state index >= 15 is 0 Å². The lowest BCUT2D eigenvalue weighted by Gasteiger charge is -2.41. The molecule has 1 aromatic rings. The van der Waals surface area contributed by atoms with E-state index in [1.807, 2.05) is 0 Å². The molecule has 0 radical (unpaired) electrons. The summed E-state index contributed by atoms with van der Waals surface area (Å²) in [5.41, 5.74) is 1.59. The third-order valence-electron chi connectivity index (χ3n) is 3.90. The zero-order valence-electron chi connectivity index (χ0n) is 14.1. The van der Waals surface area contributed by atoms with Crippen molar-refractivity contribution in [2.45, 2.75) is 56.7 Å². The Balaban J connectivity index is 2.15. The van der Waals surface area contributed by atoms with Crippen LogP contribution in [-0.4, -0.2) is 40.6 Å².